The molecule has 2 aliphatic rings. The molecule has 2 rings (SSSR count). The molecule has 0 aromatic rings. The van der Waals surface area contributed by atoms with Crippen LogP contribution >= 0.6 is 11.8 Å². The van der Waals surface area contributed by atoms with E-state index in [1.807, 2.05) is 11.8 Å². The van der Waals surface area contributed by atoms with E-state index in [9.17, 15) is 5.11 Å². The van der Waals surface area contributed by atoms with Crippen molar-refractivity contribution in [3.8, 4) is 0 Å². The zero-order chi connectivity index (χ0) is 9.15. The number of aliphatic hydroxyl groups is 1. The van der Waals surface area contributed by atoms with Crippen molar-refractivity contribution in [1.82, 2.24) is 4.90 Å². The van der Waals surface area contributed by atoms with Crippen LogP contribution in [-0.4, -0.2) is 46.7 Å². The highest BCUT2D eigenvalue weighted by Gasteiger charge is 2.32. The highest BCUT2D eigenvalue weighted by Crippen LogP contribution is 2.28. The van der Waals surface area contributed by atoms with Gasteiger partial charge in [-0.1, -0.05) is 0 Å². The second-order valence-electron chi connectivity index (χ2n) is 4.36. The minimum atomic E-state index is -0.368. The van der Waals surface area contributed by atoms with Crippen LogP contribution in [0.3, 0.4) is 0 Å². The Morgan fingerprint density at radius 1 is 1.23 bits per heavy atom. The summed E-state index contributed by atoms with van der Waals surface area (Å²) in [6.45, 7) is 3.32. The molecule has 0 amide bonds. The summed E-state index contributed by atoms with van der Waals surface area (Å²) in [7, 11) is 0. The van der Waals surface area contributed by atoms with Gasteiger partial charge in [0.2, 0.25) is 0 Å². The van der Waals surface area contributed by atoms with Crippen molar-refractivity contribution in [3.05, 3.63) is 0 Å². The number of β-amino-alcohol motifs (C(OH)–C–C–N with tert-alkyl or cyclic N) is 1. The molecule has 0 aromatic carbocycles. The first-order chi connectivity index (χ1) is 6.29. The molecular formula is C10H19NOS. The molecule has 2 aliphatic heterocycles. The third kappa shape index (κ3) is 2.61. The maximum absolute atomic E-state index is 10.3. The molecule has 1 atom stereocenters. The van der Waals surface area contributed by atoms with E-state index in [-0.39, 0.29) is 5.60 Å². The molecule has 76 valence electrons. The number of likely N-dealkylation sites (tertiary alicyclic amines) is 1. The van der Waals surface area contributed by atoms with E-state index in [1.165, 1.54) is 38.1 Å². The predicted octanol–water partition coefficient (Wildman–Crippen LogP) is 1.34. The van der Waals surface area contributed by atoms with E-state index >= 15 is 0 Å². The van der Waals surface area contributed by atoms with Crippen LogP contribution in [0.15, 0.2) is 0 Å². The Labute approximate surface area is 84.7 Å². The summed E-state index contributed by atoms with van der Waals surface area (Å²) in [4.78, 5) is 2.42. The van der Waals surface area contributed by atoms with Crippen LogP contribution in [0.5, 0.6) is 0 Å². The molecule has 0 aliphatic carbocycles. The van der Waals surface area contributed by atoms with Crippen molar-refractivity contribution >= 4 is 11.8 Å². The quantitative estimate of drug-likeness (QED) is 0.729. The van der Waals surface area contributed by atoms with E-state index in [1.54, 1.807) is 0 Å². The first-order valence-corrected chi connectivity index (χ1v) is 6.47. The topological polar surface area (TPSA) is 23.5 Å². The molecule has 0 spiro atoms. The molecule has 2 fully saturated rings. The minimum Gasteiger partial charge on any atom is -0.388 e. The van der Waals surface area contributed by atoms with Gasteiger partial charge in [-0.3, -0.25) is 0 Å². The Bertz CT molecular complexity index is 162. The Morgan fingerprint density at radius 3 is 2.62 bits per heavy atom. The summed E-state index contributed by atoms with van der Waals surface area (Å²) in [5.74, 6) is 2.19. The summed E-state index contributed by atoms with van der Waals surface area (Å²) in [6.07, 6.45) is 4.85. The Kier molecular flexibility index (Phi) is 3.17. The maximum Gasteiger partial charge on any atom is 0.0864 e. The predicted molar refractivity (Wildman–Crippen MR) is 57.2 cm³/mol. The third-order valence-electron chi connectivity index (χ3n) is 3.02. The van der Waals surface area contributed by atoms with Crippen molar-refractivity contribution in [2.75, 3.05) is 31.1 Å². The van der Waals surface area contributed by atoms with Gasteiger partial charge in [-0.25, -0.2) is 0 Å². The molecule has 2 nitrogen and oxygen atoms in total. The molecule has 0 bridgehead atoms. The fraction of sp³-hybridized carbons (Fsp3) is 1.00. The van der Waals surface area contributed by atoms with Crippen molar-refractivity contribution in [2.45, 2.75) is 31.3 Å². The number of nitrogens with zero attached hydrogens (tertiary/aromatic N) is 1. The fourth-order valence-corrected chi connectivity index (χ4v) is 3.43. The van der Waals surface area contributed by atoms with Gasteiger partial charge in [0.25, 0.3) is 0 Å². The minimum absolute atomic E-state index is 0.368. The lowest BCUT2D eigenvalue weighted by Crippen LogP contribution is -2.45. The normalized spacial score (nSPS) is 36.7. The molecule has 0 saturated carbocycles. The first-order valence-electron chi connectivity index (χ1n) is 5.31. The number of rotatable bonds is 2. The molecule has 2 heterocycles. The number of thioether (sulfide) groups is 1. The van der Waals surface area contributed by atoms with Crippen LogP contribution in [0.25, 0.3) is 0 Å². The van der Waals surface area contributed by atoms with E-state index in [0.29, 0.717) is 0 Å². The van der Waals surface area contributed by atoms with Crippen LogP contribution in [0.4, 0.5) is 0 Å². The van der Waals surface area contributed by atoms with E-state index in [0.717, 1.165) is 18.7 Å². The van der Waals surface area contributed by atoms with Gasteiger partial charge in [0, 0.05) is 12.3 Å². The fourth-order valence-electron chi connectivity index (χ4n) is 2.32. The van der Waals surface area contributed by atoms with E-state index in [2.05, 4.69) is 4.90 Å². The maximum atomic E-state index is 10.3. The Hall–Kier alpha value is 0.270. The second-order valence-corrected chi connectivity index (χ2v) is 5.47. The summed E-state index contributed by atoms with van der Waals surface area (Å²) >= 11 is 1.91. The molecular weight excluding hydrogens is 182 g/mol. The van der Waals surface area contributed by atoms with E-state index in [4.69, 9.17) is 0 Å². The van der Waals surface area contributed by atoms with Crippen LogP contribution in [-0.2, 0) is 0 Å². The molecule has 1 unspecified atom stereocenters. The highest BCUT2D eigenvalue weighted by atomic mass is 32.2. The molecule has 13 heavy (non-hydrogen) atoms. The number of hydrogen-bond donors (Lipinski definition) is 1. The van der Waals surface area contributed by atoms with Gasteiger partial charge in [-0.2, -0.15) is 11.8 Å². The molecule has 3 heteroatoms. The van der Waals surface area contributed by atoms with Gasteiger partial charge in [0.05, 0.1) is 5.60 Å². The van der Waals surface area contributed by atoms with Crippen molar-refractivity contribution < 1.29 is 5.11 Å². The number of hydrogen-bond acceptors (Lipinski definition) is 3. The average Bonchev–Trinajstić information content (AvgIpc) is 2.57. The van der Waals surface area contributed by atoms with Gasteiger partial charge in [-0.15, -0.1) is 0 Å². The Balaban J connectivity index is 1.83. The lowest BCUT2D eigenvalue weighted by atomic mass is 9.99. The largest absolute Gasteiger partial charge is 0.388 e. The highest BCUT2D eigenvalue weighted by molar-refractivity contribution is 7.99. The first kappa shape index (κ1) is 9.81. The van der Waals surface area contributed by atoms with Gasteiger partial charge >= 0.3 is 0 Å². The lowest BCUT2D eigenvalue weighted by Gasteiger charge is -2.35. The summed E-state index contributed by atoms with van der Waals surface area (Å²) < 4.78 is 0. The van der Waals surface area contributed by atoms with E-state index < -0.39 is 0 Å². The van der Waals surface area contributed by atoms with Gasteiger partial charge in [-0.05, 0) is 44.5 Å². The summed E-state index contributed by atoms with van der Waals surface area (Å²) in [6, 6.07) is 0. The van der Waals surface area contributed by atoms with Gasteiger partial charge in [0.1, 0.15) is 0 Å². The zero-order valence-electron chi connectivity index (χ0n) is 8.17. The standard InChI is InChI=1S/C10H19NOS/c12-10(4-3-7-13-9-10)8-11-5-1-2-6-11/h12H,1-9H2. The second kappa shape index (κ2) is 4.20. The third-order valence-corrected chi connectivity index (χ3v) is 4.34. The SMILES string of the molecule is OC1(CN2CCCC2)CCCSC1. The molecule has 0 radical (unpaired) electrons. The van der Waals surface area contributed by atoms with Crippen LogP contribution in [0.1, 0.15) is 25.7 Å². The average molecular weight is 201 g/mol. The van der Waals surface area contributed by atoms with Crippen LogP contribution in [0.2, 0.25) is 0 Å². The molecule has 0 aromatic heterocycles. The van der Waals surface area contributed by atoms with Crippen molar-refractivity contribution in [3.63, 3.8) is 0 Å². The monoisotopic (exact) mass is 201 g/mol. The van der Waals surface area contributed by atoms with Crippen molar-refractivity contribution in [1.29, 1.82) is 0 Å². The van der Waals surface area contributed by atoms with Gasteiger partial charge < -0.3 is 10.0 Å². The lowest BCUT2D eigenvalue weighted by molar-refractivity contribution is 0.0205. The van der Waals surface area contributed by atoms with Gasteiger partial charge in [0.15, 0.2) is 0 Å². The molecule has 1 N–H and O–H groups in total. The van der Waals surface area contributed by atoms with Crippen LogP contribution < -0.4 is 0 Å². The summed E-state index contributed by atoms with van der Waals surface area (Å²) in [5.41, 5.74) is -0.368. The van der Waals surface area contributed by atoms with Crippen molar-refractivity contribution in [2.24, 2.45) is 0 Å². The van der Waals surface area contributed by atoms with Crippen LogP contribution in [0, 0.1) is 0 Å². The zero-order valence-corrected chi connectivity index (χ0v) is 8.98. The summed E-state index contributed by atoms with van der Waals surface area (Å²) in [5, 5.41) is 10.3. The smallest absolute Gasteiger partial charge is 0.0864 e. The Morgan fingerprint density at radius 2 is 2.00 bits per heavy atom. The molecule has 2 saturated heterocycles.